The lowest BCUT2D eigenvalue weighted by atomic mass is 10.3. The summed E-state index contributed by atoms with van der Waals surface area (Å²) in [5.41, 5.74) is 11.3. The fourth-order valence-corrected chi connectivity index (χ4v) is 0.334. The van der Waals surface area contributed by atoms with Crippen LogP contribution in [-0.4, -0.2) is 12.3 Å². The Morgan fingerprint density at radius 2 is 2.25 bits per heavy atom. The molecule has 0 rings (SSSR count). The van der Waals surface area contributed by atoms with Crippen LogP contribution in [0.15, 0.2) is 11.8 Å². The zero-order valence-electron chi connectivity index (χ0n) is 4.94. The molecule has 0 aliphatic rings. The summed E-state index contributed by atoms with van der Waals surface area (Å²) in [5.74, 6) is 0. The van der Waals surface area contributed by atoms with Crippen LogP contribution in [0.2, 0.25) is 0 Å². The molecule has 0 aromatic heterocycles. The summed E-state index contributed by atoms with van der Waals surface area (Å²) < 4.78 is 0. The molecule has 0 saturated carbocycles. The molecule has 0 atom stereocenters. The molecule has 46 valence electrons. The van der Waals surface area contributed by atoms with Crippen molar-refractivity contribution in [3.8, 4) is 0 Å². The Balaban J connectivity index is 3.70. The van der Waals surface area contributed by atoms with E-state index >= 15 is 0 Å². The third-order valence-corrected chi connectivity index (χ3v) is 0.622. The van der Waals surface area contributed by atoms with Crippen molar-refractivity contribution in [2.45, 2.75) is 6.92 Å². The zero-order valence-corrected chi connectivity index (χ0v) is 4.94. The first-order valence-electron chi connectivity index (χ1n) is 2.38. The predicted molar refractivity (Wildman–Crippen MR) is 34.7 cm³/mol. The molecular formula is C5H11N3. The lowest BCUT2D eigenvalue weighted by molar-refractivity contribution is 1.25. The van der Waals surface area contributed by atoms with Crippen molar-refractivity contribution < 1.29 is 0 Å². The topological polar surface area (TPSA) is 75.9 Å². The Hall–Kier alpha value is -0.830. The Labute approximate surface area is 48.9 Å². The van der Waals surface area contributed by atoms with E-state index in [0.29, 0.717) is 11.4 Å². The average Bonchev–Trinajstić information content (AvgIpc) is 1.65. The van der Waals surface area contributed by atoms with Gasteiger partial charge < -0.3 is 16.9 Å². The standard InChI is InChI=1S/C5H11N3/c1-4(7)2-5(8)3-6/h2,8H,3,6-7H2,1H3/b4-2-,8-5?. The Kier molecular flexibility index (Phi) is 2.88. The van der Waals surface area contributed by atoms with Gasteiger partial charge in [-0.05, 0) is 13.0 Å². The van der Waals surface area contributed by atoms with E-state index in [-0.39, 0.29) is 6.54 Å². The van der Waals surface area contributed by atoms with E-state index in [1.165, 1.54) is 0 Å². The van der Waals surface area contributed by atoms with Gasteiger partial charge in [-0.15, -0.1) is 0 Å². The van der Waals surface area contributed by atoms with Gasteiger partial charge in [-0.2, -0.15) is 0 Å². The van der Waals surface area contributed by atoms with E-state index in [2.05, 4.69) is 0 Å². The number of nitrogens with two attached hydrogens (primary N) is 2. The Bertz CT molecular complexity index is 111. The van der Waals surface area contributed by atoms with Gasteiger partial charge in [0.1, 0.15) is 0 Å². The molecule has 0 amide bonds. The van der Waals surface area contributed by atoms with Crippen molar-refractivity contribution in [2.24, 2.45) is 11.5 Å². The Morgan fingerprint density at radius 3 is 2.38 bits per heavy atom. The molecule has 0 aliphatic heterocycles. The second-order valence-electron chi connectivity index (χ2n) is 1.62. The highest BCUT2D eigenvalue weighted by atomic mass is 14.6. The lowest BCUT2D eigenvalue weighted by Gasteiger charge is -1.90. The highest BCUT2D eigenvalue weighted by Gasteiger charge is 1.83. The summed E-state index contributed by atoms with van der Waals surface area (Å²) in [7, 11) is 0. The van der Waals surface area contributed by atoms with Gasteiger partial charge in [0, 0.05) is 18.0 Å². The molecular weight excluding hydrogens is 102 g/mol. The number of rotatable bonds is 2. The first-order valence-corrected chi connectivity index (χ1v) is 2.38. The van der Waals surface area contributed by atoms with Gasteiger partial charge in [0.15, 0.2) is 0 Å². The molecule has 3 heteroatoms. The molecule has 0 unspecified atom stereocenters. The second kappa shape index (κ2) is 3.21. The van der Waals surface area contributed by atoms with E-state index in [1.54, 1.807) is 13.0 Å². The molecule has 3 nitrogen and oxygen atoms in total. The molecule has 5 N–H and O–H groups in total. The Morgan fingerprint density at radius 1 is 1.75 bits per heavy atom. The van der Waals surface area contributed by atoms with Gasteiger partial charge in [0.05, 0.1) is 0 Å². The van der Waals surface area contributed by atoms with Crippen LogP contribution in [0.25, 0.3) is 0 Å². The molecule has 0 heterocycles. The van der Waals surface area contributed by atoms with E-state index < -0.39 is 0 Å². The molecule has 0 aliphatic carbocycles. The summed E-state index contributed by atoms with van der Waals surface area (Å²) in [5, 5.41) is 6.99. The van der Waals surface area contributed by atoms with Gasteiger partial charge in [-0.25, -0.2) is 0 Å². The minimum Gasteiger partial charge on any atom is -0.402 e. The van der Waals surface area contributed by atoms with E-state index in [0.717, 1.165) is 0 Å². The molecule has 8 heavy (non-hydrogen) atoms. The third-order valence-electron chi connectivity index (χ3n) is 0.622. The SMILES string of the molecule is C/C(N)=C/C(=N)CN. The molecule has 0 radical (unpaired) electrons. The van der Waals surface area contributed by atoms with Gasteiger partial charge in [0.25, 0.3) is 0 Å². The highest BCUT2D eigenvalue weighted by Crippen LogP contribution is 1.79. The fourth-order valence-electron chi connectivity index (χ4n) is 0.334. The molecule has 0 aromatic carbocycles. The summed E-state index contributed by atoms with van der Waals surface area (Å²) in [6.45, 7) is 1.98. The maximum absolute atomic E-state index is 6.99. The molecule has 0 saturated heterocycles. The maximum Gasteiger partial charge on any atom is 0.0466 e. The van der Waals surface area contributed by atoms with E-state index in [4.69, 9.17) is 16.9 Å². The van der Waals surface area contributed by atoms with E-state index in [1.807, 2.05) is 0 Å². The second-order valence-corrected chi connectivity index (χ2v) is 1.62. The van der Waals surface area contributed by atoms with Crippen molar-refractivity contribution in [1.29, 1.82) is 5.41 Å². The highest BCUT2D eigenvalue weighted by molar-refractivity contribution is 5.94. The minimum absolute atomic E-state index is 0.258. The van der Waals surface area contributed by atoms with Crippen LogP contribution in [0.4, 0.5) is 0 Å². The molecule has 0 aromatic rings. The van der Waals surface area contributed by atoms with E-state index in [9.17, 15) is 0 Å². The van der Waals surface area contributed by atoms with Crippen molar-refractivity contribution in [1.82, 2.24) is 0 Å². The average molecular weight is 113 g/mol. The summed E-state index contributed by atoms with van der Waals surface area (Å²) >= 11 is 0. The third kappa shape index (κ3) is 3.36. The van der Waals surface area contributed by atoms with Crippen LogP contribution < -0.4 is 11.5 Å². The maximum atomic E-state index is 6.99. The van der Waals surface area contributed by atoms with Crippen molar-refractivity contribution in [2.75, 3.05) is 6.54 Å². The minimum atomic E-state index is 0.258. The summed E-state index contributed by atoms with van der Waals surface area (Å²) in [6, 6.07) is 0. The van der Waals surface area contributed by atoms with Crippen LogP contribution in [0, 0.1) is 5.41 Å². The van der Waals surface area contributed by atoms with Crippen molar-refractivity contribution >= 4 is 5.71 Å². The molecule has 0 spiro atoms. The molecule has 0 fully saturated rings. The van der Waals surface area contributed by atoms with Gasteiger partial charge in [-0.3, -0.25) is 0 Å². The fraction of sp³-hybridized carbons (Fsp3) is 0.400. The first-order chi connectivity index (χ1) is 3.66. The number of hydrogen-bond acceptors (Lipinski definition) is 3. The van der Waals surface area contributed by atoms with Gasteiger partial charge in [-0.1, -0.05) is 0 Å². The number of nitrogens with one attached hydrogen (secondary N) is 1. The van der Waals surface area contributed by atoms with Crippen LogP contribution in [0.5, 0.6) is 0 Å². The first kappa shape index (κ1) is 7.17. The summed E-state index contributed by atoms with van der Waals surface area (Å²) in [6.07, 6.45) is 1.54. The van der Waals surface area contributed by atoms with Crippen molar-refractivity contribution in [3.05, 3.63) is 11.8 Å². The van der Waals surface area contributed by atoms with Crippen LogP contribution in [0.3, 0.4) is 0 Å². The molecule has 0 bridgehead atoms. The van der Waals surface area contributed by atoms with Crippen molar-refractivity contribution in [3.63, 3.8) is 0 Å². The lowest BCUT2D eigenvalue weighted by Crippen LogP contribution is -2.11. The van der Waals surface area contributed by atoms with Crippen LogP contribution in [-0.2, 0) is 0 Å². The smallest absolute Gasteiger partial charge is 0.0466 e. The monoisotopic (exact) mass is 113 g/mol. The van der Waals surface area contributed by atoms with Gasteiger partial charge in [0.2, 0.25) is 0 Å². The van der Waals surface area contributed by atoms with Crippen LogP contribution in [0.1, 0.15) is 6.92 Å². The van der Waals surface area contributed by atoms with Crippen LogP contribution >= 0.6 is 0 Å². The quantitative estimate of drug-likeness (QED) is 0.435. The normalized spacial score (nSPS) is 11.5. The largest absolute Gasteiger partial charge is 0.402 e. The zero-order chi connectivity index (χ0) is 6.57. The van der Waals surface area contributed by atoms with Gasteiger partial charge >= 0.3 is 0 Å². The predicted octanol–water partition coefficient (Wildman–Crippen LogP) is -0.173. The number of hydrogen-bond donors (Lipinski definition) is 3. The summed E-state index contributed by atoms with van der Waals surface area (Å²) in [4.78, 5) is 0. The number of allylic oxidation sites excluding steroid dienone is 1.